The van der Waals surface area contributed by atoms with E-state index >= 15 is 0 Å². The second-order valence-corrected chi connectivity index (χ2v) is 7.83. The number of carbonyl (C=O) groups excluding carboxylic acids is 1. The van der Waals surface area contributed by atoms with Gasteiger partial charge in [0.1, 0.15) is 0 Å². The zero-order valence-electron chi connectivity index (χ0n) is 14.5. The molecular weight excluding hydrogens is 326 g/mol. The van der Waals surface area contributed by atoms with Gasteiger partial charge in [-0.15, -0.1) is 10.2 Å². The quantitative estimate of drug-likeness (QED) is 0.656. The first-order valence-electron chi connectivity index (χ1n) is 8.81. The molecule has 134 valence electrons. The number of amides is 1. The lowest BCUT2D eigenvalue weighted by molar-refractivity contribution is -0.140. The molecule has 0 radical (unpaired) electrons. The van der Waals surface area contributed by atoms with Crippen LogP contribution in [0.1, 0.15) is 57.7 Å². The third-order valence-corrected chi connectivity index (χ3v) is 5.69. The van der Waals surface area contributed by atoms with Gasteiger partial charge in [-0.25, -0.2) is 4.68 Å². The minimum absolute atomic E-state index is 0.0822. The van der Waals surface area contributed by atoms with E-state index in [1.54, 1.807) is 4.68 Å². The van der Waals surface area contributed by atoms with Crippen LogP contribution in [-0.4, -0.2) is 56.7 Å². The van der Waals surface area contributed by atoms with Crippen molar-refractivity contribution in [3.8, 4) is 0 Å². The van der Waals surface area contributed by atoms with E-state index in [-0.39, 0.29) is 18.1 Å². The second-order valence-electron chi connectivity index (χ2n) is 6.89. The van der Waals surface area contributed by atoms with Crippen LogP contribution < -0.4 is 5.84 Å². The minimum atomic E-state index is 0.0822. The van der Waals surface area contributed by atoms with Gasteiger partial charge < -0.3 is 15.5 Å². The van der Waals surface area contributed by atoms with Crippen molar-refractivity contribution < 1.29 is 9.53 Å². The maximum Gasteiger partial charge on any atom is 0.233 e. The molecule has 0 bridgehead atoms. The Kier molecular flexibility index (Phi) is 5.65. The van der Waals surface area contributed by atoms with Crippen LogP contribution in [0.25, 0.3) is 0 Å². The Labute approximate surface area is 147 Å². The van der Waals surface area contributed by atoms with Gasteiger partial charge in [-0.3, -0.25) is 4.79 Å². The number of thioether (sulfide) groups is 1. The Morgan fingerprint density at radius 1 is 1.21 bits per heavy atom. The molecule has 2 heterocycles. The summed E-state index contributed by atoms with van der Waals surface area (Å²) in [5.41, 5.74) is 0. The molecule has 1 saturated carbocycles. The van der Waals surface area contributed by atoms with Crippen molar-refractivity contribution in [1.82, 2.24) is 19.8 Å². The number of nitrogen functional groups attached to an aromatic ring is 1. The molecule has 0 unspecified atom stereocenters. The Bertz CT molecular complexity index is 563. The second kappa shape index (κ2) is 7.74. The zero-order valence-corrected chi connectivity index (χ0v) is 15.3. The van der Waals surface area contributed by atoms with Gasteiger partial charge in [-0.2, -0.15) is 0 Å². The van der Waals surface area contributed by atoms with Crippen LogP contribution in [0.3, 0.4) is 0 Å². The topological polar surface area (TPSA) is 86.3 Å². The summed E-state index contributed by atoms with van der Waals surface area (Å²) < 4.78 is 7.25. The van der Waals surface area contributed by atoms with E-state index in [2.05, 4.69) is 10.2 Å². The summed E-state index contributed by atoms with van der Waals surface area (Å²) in [6, 6.07) is 0. The number of hydrogen-bond donors (Lipinski definition) is 1. The molecule has 2 N–H and O–H groups in total. The lowest BCUT2D eigenvalue weighted by Crippen LogP contribution is -2.48. The van der Waals surface area contributed by atoms with E-state index in [9.17, 15) is 4.79 Å². The van der Waals surface area contributed by atoms with Crippen molar-refractivity contribution >= 4 is 17.7 Å². The van der Waals surface area contributed by atoms with Gasteiger partial charge in [0.25, 0.3) is 0 Å². The van der Waals surface area contributed by atoms with Crippen LogP contribution in [0.5, 0.6) is 0 Å². The van der Waals surface area contributed by atoms with Crippen molar-refractivity contribution in [3.63, 3.8) is 0 Å². The third kappa shape index (κ3) is 4.03. The maximum atomic E-state index is 12.4. The van der Waals surface area contributed by atoms with E-state index in [0.717, 1.165) is 18.7 Å². The fourth-order valence-corrected chi connectivity index (χ4v) is 4.39. The summed E-state index contributed by atoms with van der Waals surface area (Å²) in [5.74, 6) is 7.87. The molecule has 2 aliphatic rings. The van der Waals surface area contributed by atoms with E-state index in [4.69, 9.17) is 10.6 Å². The molecule has 8 heteroatoms. The molecule has 2 fully saturated rings. The first-order chi connectivity index (χ1) is 11.5. The highest BCUT2D eigenvalue weighted by Crippen LogP contribution is 2.32. The van der Waals surface area contributed by atoms with E-state index in [0.29, 0.717) is 29.9 Å². The van der Waals surface area contributed by atoms with Crippen LogP contribution in [-0.2, 0) is 9.53 Å². The predicted octanol–water partition coefficient (Wildman–Crippen LogP) is 1.77. The van der Waals surface area contributed by atoms with Crippen LogP contribution in [0.2, 0.25) is 0 Å². The molecule has 24 heavy (non-hydrogen) atoms. The molecule has 3 rings (SSSR count). The number of rotatable bonds is 4. The van der Waals surface area contributed by atoms with Gasteiger partial charge >= 0.3 is 0 Å². The van der Waals surface area contributed by atoms with Crippen LogP contribution in [0, 0.1) is 0 Å². The van der Waals surface area contributed by atoms with Crippen molar-refractivity contribution in [2.45, 2.75) is 69.2 Å². The van der Waals surface area contributed by atoms with E-state index in [1.807, 2.05) is 18.7 Å². The van der Waals surface area contributed by atoms with Gasteiger partial charge in [-0.1, -0.05) is 31.0 Å². The van der Waals surface area contributed by atoms with E-state index in [1.165, 1.54) is 31.0 Å². The summed E-state index contributed by atoms with van der Waals surface area (Å²) in [5, 5.41) is 9.09. The molecule has 1 saturated heterocycles. The first-order valence-corrected chi connectivity index (χ1v) is 9.79. The SMILES string of the molecule is C[C@@H]1CN(C(=O)CSc2nnc(C3CCCCC3)n2N)C[C@H](C)O1. The zero-order chi connectivity index (χ0) is 17.1. The Hall–Kier alpha value is -1.28. The van der Waals surface area contributed by atoms with Gasteiger partial charge in [0.05, 0.1) is 18.0 Å². The first kappa shape index (κ1) is 17.5. The third-order valence-electron chi connectivity index (χ3n) is 4.76. The smallest absolute Gasteiger partial charge is 0.233 e. The average Bonchev–Trinajstić information content (AvgIpc) is 2.93. The predicted molar refractivity (Wildman–Crippen MR) is 93.3 cm³/mol. The summed E-state index contributed by atoms with van der Waals surface area (Å²) in [4.78, 5) is 14.3. The van der Waals surface area contributed by atoms with Crippen molar-refractivity contribution in [3.05, 3.63) is 5.82 Å². The molecule has 1 aromatic heterocycles. The average molecular weight is 353 g/mol. The number of carbonyl (C=O) groups is 1. The summed E-state index contributed by atoms with van der Waals surface area (Å²) in [6.45, 7) is 5.28. The fourth-order valence-electron chi connectivity index (χ4n) is 3.63. The van der Waals surface area contributed by atoms with Crippen molar-refractivity contribution in [2.75, 3.05) is 24.7 Å². The van der Waals surface area contributed by atoms with Crippen molar-refractivity contribution in [1.29, 1.82) is 0 Å². The number of morpholine rings is 1. The summed E-state index contributed by atoms with van der Waals surface area (Å²) in [7, 11) is 0. The lowest BCUT2D eigenvalue weighted by atomic mass is 9.89. The molecule has 7 nitrogen and oxygen atoms in total. The Morgan fingerprint density at radius 2 is 1.88 bits per heavy atom. The summed E-state index contributed by atoms with van der Waals surface area (Å²) in [6.07, 6.45) is 6.17. The monoisotopic (exact) mass is 353 g/mol. The normalized spacial score (nSPS) is 25.8. The van der Waals surface area contributed by atoms with Crippen LogP contribution in [0.4, 0.5) is 0 Å². The molecule has 0 aromatic carbocycles. The standard InChI is InChI=1S/C16H27N5O2S/c1-11-8-20(9-12(2)23-11)14(22)10-24-16-19-18-15(21(16)17)13-6-4-3-5-7-13/h11-13H,3-10,17H2,1-2H3/t11-,12+. The lowest BCUT2D eigenvalue weighted by Gasteiger charge is -2.35. The largest absolute Gasteiger partial charge is 0.372 e. The highest BCUT2D eigenvalue weighted by molar-refractivity contribution is 7.99. The van der Waals surface area contributed by atoms with Gasteiger partial charge in [0.2, 0.25) is 11.1 Å². The number of aromatic nitrogens is 3. The van der Waals surface area contributed by atoms with Gasteiger partial charge in [-0.05, 0) is 26.7 Å². The minimum Gasteiger partial charge on any atom is -0.372 e. The van der Waals surface area contributed by atoms with Crippen LogP contribution >= 0.6 is 11.8 Å². The summed E-state index contributed by atoms with van der Waals surface area (Å²) >= 11 is 1.37. The van der Waals surface area contributed by atoms with Crippen molar-refractivity contribution in [2.24, 2.45) is 0 Å². The Balaban J connectivity index is 1.56. The maximum absolute atomic E-state index is 12.4. The van der Waals surface area contributed by atoms with Gasteiger partial charge in [0.15, 0.2) is 5.82 Å². The molecule has 0 spiro atoms. The number of nitrogens with zero attached hydrogens (tertiary/aromatic N) is 4. The molecular formula is C16H27N5O2S. The number of nitrogens with two attached hydrogens (primary N) is 1. The molecule has 2 atom stereocenters. The molecule has 1 aliphatic carbocycles. The Morgan fingerprint density at radius 3 is 2.54 bits per heavy atom. The van der Waals surface area contributed by atoms with Gasteiger partial charge in [0, 0.05) is 19.0 Å². The van der Waals surface area contributed by atoms with E-state index < -0.39 is 0 Å². The number of hydrogen-bond acceptors (Lipinski definition) is 6. The van der Waals surface area contributed by atoms with Crippen LogP contribution in [0.15, 0.2) is 5.16 Å². The highest BCUT2D eigenvalue weighted by Gasteiger charge is 2.27. The fraction of sp³-hybridized carbons (Fsp3) is 0.812. The molecule has 1 aliphatic heterocycles. The molecule has 1 amide bonds. The number of ether oxygens (including phenoxy) is 1. The highest BCUT2D eigenvalue weighted by atomic mass is 32.2. The molecule has 1 aromatic rings.